The summed E-state index contributed by atoms with van der Waals surface area (Å²) in [5, 5.41) is 46.1. The standard InChI is InChI=1S/C35H56O6/c1-10-20(2)29(40)41-28-27(39)35(19-36)22(17-30(28,3)4)21-11-12-24-32(7)15-14-25(37)31(5,6)23(32)13-16-33(24,8)34(21,9)18-26(35)38/h10-11,22-28,36-39H,12-19H2,1-9H3/b20-10-/t22-,23-,24+,25+,26+,27-,28-,32-,33+,34+,35-/m0/s1. The Kier molecular flexibility index (Phi) is 7.34. The second-order valence-electron chi connectivity index (χ2n) is 16.6. The molecule has 6 heteroatoms. The first-order valence-electron chi connectivity index (χ1n) is 16.1. The van der Waals surface area contributed by atoms with Crippen LogP contribution in [0.25, 0.3) is 0 Å². The van der Waals surface area contributed by atoms with E-state index in [2.05, 4.69) is 40.7 Å². The topological polar surface area (TPSA) is 107 Å². The van der Waals surface area contributed by atoms with Gasteiger partial charge in [-0.05, 0) is 98.2 Å². The summed E-state index contributed by atoms with van der Waals surface area (Å²) >= 11 is 0. The van der Waals surface area contributed by atoms with Crippen LogP contribution in [-0.2, 0) is 9.53 Å². The van der Waals surface area contributed by atoms with E-state index in [1.54, 1.807) is 19.9 Å². The van der Waals surface area contributed by atoms with Gasteiger partial charge in [0.2, 0.25) is 0 Å². The Morgan fingerprint density at radius 3 is 2.24 bits per heavy atom. The number of carbonyl (C=O) groups excluding carboxylic acids is 1. The van der Waals surface area contributed by atoms with Gasteiger partial charge < -0.3 is 25.2 Å². The van der Waals surface area contributed by atoms with Crippen LogP contribution < -0.4 is 0 Å². The Balaban J connectivity index is 1.58. The van der Waals surface area contributed by atoms with Crippen molar-refractivity contribution in [3.63, 3.8) is 0 Å². The van der Waals surface area contributed by atoms with Crippen LogP contribution in [0.4, 0.5) is 0 Å². The van der Waals surface area contributed by atoms with Crippen LogP contribution in [0.1, 0.15) is 107 Å². The number of esters is 1. The third-order valence-corrected chi connectivity index (χ3v) is 14.3. The molecule has 0 aromatic heterocycles. The van der Waals surface area contributed by atoms with Gasteiger partial charge in [-0.25, -0.2) is 4.79 Å². The maximum atomic E-state index is 12.8. The molecule has 0 aromatic rings. The summed E-state index contributed by atoms with van der Waals surface area (Å²) in [4.78, 5) is 12.8. The summed E-state index contributed by atoms with van der Waals surface area (Å²) in [6.07, 6.45) is 6.77. The van der Waals surface area contributed by atoms with E-state index in [1.165, 1.54) is 5.57 Å². The van der Waals surface area contributed by atoms with Crippen molar-refractivity contribution in [2.75, 3.05) is 6.61 Å². The predicted molar refractivity (Wildman–Crippen MR) is 160 cm³/mol. The average Bonchev–Trinajstić information content (AvgIpc) is 2.88. The minimum Gasteiger partial charge on any atom is -0.456 e. The second kappa shape index (κ2) is 9.64. The maximum Gasteiger partial charge on any atom is 0.333 e. The Morgan fingerprint density at radius 2 is 1.63 bits per heavy atom. The Hall–Kier alpha value is -1.21. The van der Waals surface area contributed by atoms with E-state index in [0.717, 1.165) is 32.1 Å². The Morgan fingerprint density at radius 1 is 0.976 bits per heavy atom. The highest BCUT2D eigenvalue weighted by Crippen LogP contribution is 2.75. The Bertz CT molecular complexity index is 1140. The minimum absolute atomic E-state index is 0.0647. The number of fused-ring (bicyclic) bond motifs is 7. The molecule has 232 valence electrons. The molecule has 4 N–H and O–H groups in total. The number of carbonyl (C=O) groups is 1. The number of aliphatic hydroxyl groups excluding tert-OH is 4. The van der Waals surface area contributed by atoms with E-state index in [1.807, 2.05) is 13.8 Å². The lowest BCUT2D eigenvalue weighted by atomic mass is 9.33. The summed E-state index contributed by atoms with van der Waals surface area (Å²) in [6.45, 7) is 18.9. The van der Waals surface area contributed by atoms with E-state index in [0.29, 0.717) is 30.3 Å². The molecular formula is C35H56O6. The first-order chi connectivity index (χ1) is 18.9. The van der Waals surface area contributed by atoms with Gasteiger partial charge in [0.1, 0.15) is 12.2 Å². The van der Waals surface area contributed by atoms with Crippen molar-refractivity contribution in [2.45, 2.75) is 132 Å². The third kappa shape index (κ3) is 3.92. The lowest BCUT2D eigenvalue weighted by Crippen LogP contribution is -2.72. The summed E-state index contributed by atoms with van der Waals surface area (Å²) in [5.41, 5.74) is -0.416. The molecule has 5 aliphatic carbocycles. The monoisotopic (exact) mass is 572 g/mol. The molecule has 0 bridgehead atoms. The lowest BCUT2D eigenvalue weighted by molar-refractivity contribution is -0.260. The highest BCUT2D eigenvalue weighted by Gasteiger charge is 2.72. The molecule has 0 aromatic carbocycles. The summed E-state index contributed by atoms with van der Waals surface area (Å²) < 4.78 is 5.94. The zero-order chi connectivity index (χ0) is 30.6. The van der Waals surface area contributed by atoms with Gasteiger partial charge in [0.05, 0.1) is 24.2 Å². The van der Waals surface area contributed by atoms with Crippen molar-refractivity contribution in [1.82, 2.24) is 0 Å². The predicted octanol–water partition coefficient (Wildman–Crippen LogP) is 5.57. The molecule has 5 rings (SSSR count). The van der Waals surface area contributed by atoms with E-state index in [-0.39, 0.29) is 40.3 Å². The fourth-order valence-corrected chi connectivity index (χ4v) is 11.4. The zero-order valence-electron chi connectivity index (χ0n) is 27.0. The first-order valence-corrected chi connectivity index (χ1v) is 16.1. The van der Waals surface area contributed by atoms with Gasteiger partial charge in [0.25, 0.3) is 0 Å². The summed E-state index contributed by atoms with van der Waals surface area (Å²) in [5.74, 6) is 0.162. The van der Waals surface area contributed by atoms with Crippen LogP contribution in [-0.4, -0.2) is 57.4 Å². The first kappa shape index (κ1) is 31.2. The van der Waals surface area contributed by atoms with E-state index in [9.17, 15) is 25.2 Å². The van der Waals surface area contributed by atoms with Crippen LogP contribution in [0.2, 0.25) is 0 Å². The van der Waals surface area contributed by atoms with Crippen molar-refractivity contribution in [3.05, 3.63) is 23.3 Å². The van der Waals surface area contributed by atoms with E-state index < -0.39 is 35.1 Å². The highest BCUT2D eigenvalue weighted by molar-refractivity contribution is 5.87. The van der Waals surface area contributed by atoms with Gasteiger partial charge in [-0.2, -0.15) is 0 Å². The molecule has 0 saturated heterocycles. The van der Waals surface area contributed by atoms with Crippen molar-refractivity contribution >= 4 is 5.97 Å². The van der Waals surface area contributed by atoms with E-state index in [4.69, 9.17) is 4.74 Å². The molecule has 0 unspecified atom stereocenters. The van der Waals surface area contributed by atoms with Gasteiger partial charge in [0.15, 0.2) is 0 Å². The number of hydrogen-bond donors (Lipinski definition) is 4. The quantitative estimate of drug-likeness (QED) is 0.200. The van der Waals surface area contributed by atoms with Gasteiger partial charge >= 0.3 is 5.97 Å². The molecule has 4 saturated carbocycles. The SMILES string of the molecule is C/C=C(/C)C(=O)O[C@H]1[C@H](O)[C@]2(CO)[C@H](O)C[C@]3(C)C(=CC[C@@H]4[C@@]5(C)CC[C@@H](O)C(C)(C)[C@@H]5CC[C@]43C)[C@@H]2CC1(C)C. The number of allylic oxidation sites excluding steroid dienone is 3. The van der Waals surface area contributed by atoms with Crippen molar-refractivity contribution in [2.24, 2.45) is 50.2 Å². The number of hydrogen-bond acceptors (Lipinski definition) is 6. The van der Waals surface area contributed by atoms with E-state index >= 15 is 0 Å². The minimum atomic E-state index is -1.20. The molecule has 41 heavy (non-hydrogen) atoms. The molecule has 0 aliphatic heterocycles. The molecule has 0 spiro atoms. The largest absolute Gasteiger partial charge is 0.456 e. The van der Waals surface area contributed by atoms with Gasteiger partial charge in [-0.1, -0.05) is 66.2 Å². The summed E-state index contributed by atoms with van der Waals surface area (Å²) in [6, 6.07) is 0. The molecule has 0 amide bonds. The summed E-state index contributed by atoms with van der Waals surface area (Å²) in [7, 11) is 0. The van der Waals surface area contributed by atoms with Crippen LogP contribution >= 0.6 is 0 Å². The lowest BCUT2D eigenvalue weighted by Gasteiger charge is -2.72. The van der Waals surface area contributed by atoms with Crippen LogP contribution in [0.5, 0.6) is 0 Å². The number of ether oxygens (including phenoxy) is 1. The molecule has 6 nitrogen and oxygen atoms in total. The van der Waals surface area contributed by atoms with Crippen molar-refractivity contribution in [1.29, 1.82) is 0 Å². The van der Waals surface area contributed by atoms with Crippen LogP contribution in [0, 0.1) is 50.2 Å². The zero-order valence-corrected chi connectivity index (χ0v) is 27.0. The third-order valence-electron chi connectivity index (χ3n) is 14.3. The van der Waals surface area contributed by atoms with Crippen molar-refractivity contribution in [3.8, 4) is 0 Å². The second-order valence-corrected chi connectivity index (χ2v) is 16.6. The molecular weight excluding hydrogens is 516 g/mol. The fraction of sp³-hybridized carbons (Fsp3) is 0.857. The molecule has 0 heterocycles. The normalized spacial score (nSPS) is 50.4. The molecule has 5 aliphatic rings. The molecule has 4 fully saturated rings. The average molecular weight is 573 g/mol. The van der Waals surface area contributed by atoms with Crippen LogP contribution in [0.3, 0.4) is 0 Å². The smallest absolute Gasteiger partial charge is 0.333 e. The van der Waals surface area contributed by atoms with Gasteiger partial charge in [-0.15, -0.1) is 0 Å². The maximum absolute atomic E-state index is 12.8. The van der Waals surface area contributed by atoms with Gasteiger partial charge in [-0.3, -0.25) is 0 Å². The highest BCUT2D eigenvalue weighted by atomic mass is 16.6. The molecule has 0 radical (unpaired) electrons. The Labute approximate surface area is 247 Å². The number of aliphatic hydroxyl groups is 4. The number of rotatable bonds is 3. The van der Waals surface area contributed by atoms with Crippen molar-refractivity contribution < 1.29 is 30.0 Å². The van der Waals surface area contributed by atoms with Gasteiger partial charge in [0, 0.05) is 11.0 Å². The van der Waals surface area contributed by atoms with Crippen LogP contribution in [0.15, 0.2) is 23.3 Å². The molecule has 11 atom stereocenters. The fourth-order valence-electron chi connectivity index (χ4n) is 11.4.